The van der Waals surface area contributed by atoms with E-state index < -0.39 is 17.5 Å². The average Bonchev–Trinajstić information content (AvgIpc) is 3.04. The molecular weight excluding hydrogens is 290 g/mol. The summed E-state index contributed by atoms with van der Waals surface area (Å²) in [4.78, 5) is 12.0. The van der Waals surface area contributed by atoms with E-state index in [2.05, 4.69) is 15.5 Å². The molecule has 1 amide bonds. The number of halogens is 2. The Morgan fingerprint density at radius 2 is 1.68 bits per heavy atom. The minimum atomic E-state index is -0.825. The van der Waals surface area contributed by atoms with Gasteiger partial charge < -0.3 is 5.32 Å². The van der Waals surface area contributed by atoms with Gasteiger partial charge in [-0.05, 0) is 36.4 Å². The zero-order chi connectivity index (χ0) is 15.5. The normalized spacial score (nSPS) is 10.5. The van der Waals surface area contributed by atoms with E-state index >= 15 is 0 Å². The molecule has 1 N–H and O–H groups in total. The standard InChI is InChI=1S/C15H10F2N4O/c16-11-3-6-14(13(17)7-11)20-15(22)10-1-4-12(5-2-10)21-8-18-19-9-21/h1-9H,(H,20,22). The number of rotatable bonds is 3. The van der Waals surface area contributed by atoms with Gasteiger partial charge in [0.25, 0.3) is 5.91 Å². The number of hydrogen-bond acceptors (Lipinski definition) is 3. The van der Waals surface area contributed by atoms with Gasteiger partial charge in [0, 0.05) is 17.3 Å². The highest BCUT2D eigenvalue weighted by molar-refractivity contribution is 6.04. The Labute approximate surface area is 124 Å². The third-order valence-electron chi connectivity index (χ3n) is 3.03. The minimum absolute atomic E-state index is 0.0747. The molecule has 7 heteroatoms. The summed E-state index contributed by atoms with van der Waals surface area (Å²) >= 11 is 0. The Hall–Kier alpha value is -3.09. The summed E-state index contributed by atoms with van der Waals surface area (Å²) in [5, 5.41) is 9.78. The molecule has 22 heavy (non-hydrogen) atoms. The summed E-state index contributed by atoms with van der Waals surface area (Å²) in [6.07, 6.45) is 3.06. The maximum atomic E-state index is 13.5. The number of nitrogens with zero attached hydrogens (tertiary/aromatic N) is 3. The molecule has 3 rings (SSSR count). The van der Waals surface area contributed by atoms with Crippen molar-refractivity contribution < 1.29 is 13.6 Å². The van der Waals surface area contributed by atoms with Crippen molar-refractivity contribution >= 4 is 11.6 Å². The van der Waals surface area contributed by atoms with Gasteiger partial charge in [0.2, 0.25) is 0 Å². The average molecular weight is 300 g/mol. The first kappa shape index (κ1) is 13.9. The van der Waals surface area contributed by atoms with Gasteiger partial charge in [0.05, 0.1) is 5.69 Å². The topological polar surface area (TPSA) is 59.8 Å². The van der Waals surface area contributed by atoms with Crippen LogP contribution in [0.15, 0.2) is 55.1 Å². The predicted molar refractivity (Wildman–Crippen MR) is 75.7 cm³/mol. The second kappa shape index (κ2) is 5.72. The van der Waals surface area contributed by atoms with E-state index in [1.807, 2.05) is 0 Å². The van der Waals surface area contributed by atoms with Crippen LogP contribution in [0.2, 0.25) is 0 Å². The molecule has 110 valence electrons. The van der Waals surface area contributed by atoms with Crippen molar-refractivity contribution in [1.29, 1.82) is 0 Å². The highest BCUT2D eigenvalue weighted by Crippen LogP contribution is 2.16. The molecule has 0 aliphatic rings. The van der Waals surface area contributed by atoms with E-state index in [0.29, 0.717) is 11.6 Å². The molecule has 0 aliphatic heterocycles. The predicted octanol–water partition coefficient (Wildman–Crippen LogP) is 2.80. The summed E-state index contributed by atoms with van der Waals surface area (Å²) < 4.78 is 28.0. The molecule has 0 unspecified atom stereocenters. The monoisotopic (exact) mass is 300 g/mol. The molecule has 0 spiro atoms. The van der Waals surface area contributed by atoms with Crippen molar-refractivity contribution in [2.24, 2.45) is 0 Å². The molecule has 0 radical (unpaired) electrons. The van der Waals surface area contributed by atoms with Gasteiger partial charge in [-0.15, -0.1) is 10.2 Å². The van der Waals surface area contributed by atoms with Crippen molar-refractivity contribution in [2.75, 3.05) is 5.32 Å². The van der Waals surface area contributed by atoms with Crippen LogP contribution in [0, 0.1) is 11.6 Å². The number of hydrogen-bond donors (Lipinski definition) is 1. The molecule has 1 aromatic heterocycles. The van der Waals surface area contributed by atoms with Crippen LogP contribution in [0.1, 0.15) is 10.4 Å². The molecule has 2 aromatic carbocycles. The number of anilines is 1. The molecule has 0 atom stereocenters. The fourth-order valence-electron chi connectivity index (χ4n) is 1.90. The van der Waals surface area contributed by atoms with Gasteiger partial charge in [-0.1, -0.05) is 0 Å². The van der Waals surface area contributed by atoms with Crippen LogP contribution in [0.5, 0.6) is 0 Å². The van der Waals surface area contributed by atoms with Gasteiger partial charge in [0.1, 0.15) is 24.3 Å². The second-order valence-electron chi connectivity index (χ2n) is 4.49. The molecule has 5 nitrogen and oxygen atoms in total. The van der Waals surface area contributed by atoms with Crippen LogP contribution in [-0.4, -0.2) is 20.7 Å². The van der Waals surface area contributed by atoms with E-state index in [9.17, 15) is 13.6 Å². The zero-order valence-corrected chi connectivity index (χ0v) is 11.2. The molecule has 0 saturated carbocycles. The van der Waals surface area contributed by atoms with Gasteiger partial charge >= 0.3 is 0 Å². The van der Waals surface area contributed by atoms with Crippen LogP contribution in [0.4, 0.5) is 14.5 Å². The largest absolute Gasteiger partial charge is 0.319 e. The number of benzene rings is 2. The van der Waals surface area contributed by atoms with Crippen molar-refractivity contribution in [3.8, 4) is 5.69 Å². The summed E-state index contributed by atoms with van der Waals surface area (Å²) in [7, 11) is 0. The third kappa shape index (κ3) is 2.83. The van der Waals surface area contributed by atoms with E-state index in [1.165, 1.54) is 18.7 Å². The lowest BCUT2D eigenvalue weighted by Crippen LogP contribution is -2.13. The van der Waals surface area contributed by atoms with Gasteiger partial charge in [0.15, 0.2) is 0 Å². The number of amides is 1. The second-order valence-corrected chi connectivity index (χ2v) is 4.49. The van der Waals surface area contributed by atoms with Crippen molar-refractivity contribution in [3.05, 3.63) is 72.3 Å². The number of aromatic nitrogens is 3. The summed E-state index contributed by atoms with van der Waals surface area (Å²) in [6.45, 7) is 0. The minimum Gasteiger partial charge on any atom is -0.319 e. The van der Waals surface area contributed by atoms with Crippen molar-refractivity contribution in [3.63, 3.8) is 0 Å². The number of carbonyl (C=O) groups is 1. The molecule has 0 aliphatic carbocycles. The highest BCUT2D eigenvalue weighted by Gasteiger charge is 2.10. The molecule has 3 aromatic rings. The van der Waals surface area contributed by atoms with Gasteiger partial charge in [-0.2, -0.15) is 0 Å². The van der Waals surface area contributed by atoms with E-state index in [-0.39, 0.29) is 5.69 Å². The SMILES string of the molecule is O=C(Nc1ccc(F)cc1F)c1ccc(-n2cnnc2)cc1. The molecule has 1 heterocycles. The Morgan fingerprint density at radius 3 is 2.32 bits per heavy atom. The van der Waals surface area contributed by atoms with Crippen molar-refractivity contribution in [2.45, 2.75) is 0 Å². The Kier molecular flexibility index (Phi) is 3.61. The molecule has 0 saturated heterocycles. The first-order valence-electron chi connectivity index (χ1n) is 6.35. The lowest BCUT2D eigenvalue weighted by atomic mass is 10.2. The van der Waals surface area contributed by atoms with Crippen LogP contribution in [0.25, 0.3) is 5.69 Å². The number of carbonyl (C=O) groups excluding carboxylic acids is 1. The summed E-state index contributed by atoms with van der Waals surface area (Å²) in [6, 6.07) is 9.56. The van der Waals surface area contributed by atoms with Crippen molar-refractivity contribution in [1.82, 2.24) is 14.8 Å². The zero-order valence-electron chi connectivity index (χ0n) is 11.2. The maximum Gasteiger partial charge on any atom is 0.255 e. The number of nitrogens with one attached hydrogen (secondary N) is 1. The Bertz CT molecular complexity index is 801. The fraction of sp³-hybridized carbons (Fsp3) is 0. The Balaban J connectivity index is 1.77. The van der Waals surface area contributed by atoms with Gasteiger partial charge in [-0.25, -0.2) is 8.78 Å². The van der Waals surface area contributed by atoms with E-state index in [0.717, 1.165) is 11.8 Å². The third-order valence-corrected chi connectivity index (χ3v) is 3.03. The van der Waals surface area contributed by atoms with Crippen LogP contribution in [-0.2, 0) is 0 Å². The summed E-state index contributed by atoms with van der Waals surface area (Å²) in [5.74, 6) is -2.01. The van der Waals surface area contributed by atoms with E-state index in [1.54, 1.807) is 28.8 Å². The molecular formula is C15H10F2N4O. The quantitative estimate of drug-likeness (QED) is 0.809. The lowest BCUT2D eigenvalue weighted by Gasteiger charge is -2.07. The first-order chi connectivity index (χ1) is 10.6. The summed E-state index contributed by atoms with van der Waals surface area (Å²) in [5.41, 5.74) is 1.06. The van der Waals surface area contributed by atoms with E-state index in [4.69, 9.17) is 0 Å². The highest BCUT2D eigenvalue weighted by atomic mass is 19.1. The van der Waals surface area contributed by atoms with Gasteiger partial charge in [-0.3, -0.25) is 9.36 Å². The van der Waals surface area contributed by atoms with Crippen LogP contribution < -0.4 is 5.32 Å². The lowest BCUT2D eigenvalue weighted by molar-refractivity contribution is 0.102. The van der Waals surface area contributed by atoms with Crippen LogP contribution in [0.3, 0.4) is 0 Å². The Morgan fingerprint density at radius 1 is 1.00 bits per heavy atom. The smallest absolute Gasteiger partial charge is 0.255 e. The first-order valence-corrected chi connectivity index (χ1v) is 6.35. The fourth-order valence-corrected chi connectivity index (χ4v) is 1.90. The molecule has 0 bridgehead atoms. The maximum absolute atomic E-state index is 13.5. The van der Waals surface area contributed by atoms with Crippen LogP contribution >= 0.6 is 0 Å². The molecule has 0 fully saturated rings.